The Hall–Kier alpha value is -0.600. The van der Waals surface area contributed by atoms with Gasteiger partial charge in [0.2, 0.25) is 0 Å². The van der Waals surface area contributed by atoms with Crippen LogP contribution in [0.25, 0.3) is 0 Å². The summed E-state index contributed by atoms with van der Waals surface area (Å²) in [6.45, 7) is 7.21. The molecule has 2 heteroatoms. The average molecular weight is 224 g/mol. The van der Waals surface area contributed by atoms with E-state index >= 15 is 0 Å². The van der Waals surface area contributed by atoms with Crippen molar-refractivity contribution in [1.82, 2.24) is 0 Å². The van der Waals surface area contributed by atoms with E-state index in [1.165, 1.54) is 12.8 Å². The minimum Gasteiger partial charge on any atom is -0.393 e. The molecular weight excluding hydrogens is 200 g/mol. The van der Waals surface area contributed by atoms with E-state index in [0.29, 0.717) is 11.8 Å². The van der Waals surface area contributed by atoms with Crippen molar-refractivity contribution in [2.24, 2.45) is 11.8 Å². The Morgan fingerprint density at radius 2 is 1.19 bits per heavy atom. The second-order valence-corrected chi connectivity index (χ2v) is 4.86. The van der Waals surface area contributed by atoms with Crippen molar-refractivity contribution in [3.8, 4) is 0 Å². The molecule has 2 nitrogen and oxygen atoms in total. The van der Waals surface area contributed by atoms with Crippen LogP contribution in [0, 0.1) is 11.8 Å². The maximum Gasteiger partial charge on any atom is 0.0571 e. The molecule has 0 aliphatic heterocycles. The molecule has 0 bridgehead atoms. The topological polar surface area (TPSA) is 40.5 Å². The first-order chi connectivity index (χ1) is 7.69. The van der Waals surface area contributed by atoms with Crippen LogP contribution in [0.4, 0.5) is 0 Å². The zero-order chi connectivity index (χ0) is 12.0. The molecule has 0 heterocycles. The van der Waals surface area contributed by atoms with Crippen LogP contribution in [0.1, 0.15) is 38.5 Å². The quantitative estimate of drug-likeness (QED) is 0.721. The highest BCUT2D eigenvalue weighted by atomic mass is 16.3. The fourth-order valence-electron chi connectivity index (χ4n) is 2.08. The molecule has 4 atom stereocenters. The fraction of sp³-hybridized carbons (Fsp3) is 0.714. The molecule has 0 saturated heterocycles. The van der Waals surface area contributed by atoms with Crippen LogP contribution in [-0.4, -0.2) is 22.4 Å². The van der Waals surface area contributed by atoms with E-state index in [-0.39, 0.29) is 12.2 Å². The van der Waals surface area contributed by atoms with Crippen LogP contribution in [-0.2, 0) is 0 Å². The lowest BCUT2D eigenvalue weighted by Gasteiger charge is -2.31. The van der Waals surface area contributed by atoms with E-state index in [4.69, 9.17) is 10.2 Å². The predicted molar refractivity (Wildman–Crippen MR) is 67.1 cm³/mol. The van der Waals surface area contributed by atoms with E-state index in [9.17, 15) is 0 Å². The fourth-order valence-corrected chi connectivity index (χ4v) is 2.08. The van der Waals surface area contributed by atoms with Crippen molar-refractivity contribution in [2.45, 2.75) is 50.7 Å². The molecule has 2 fully saturated rings. The van der Waals surface area contributed by atoms with Gasteiger partial charge in [0.1, 0.15) is 0 Å². The van der Waals surface area contributed by atoms with Crippen LogP contribution in [0.15, 0.2) is 25.3 Å². The first-order valence-corrected chi connectivity index (χ1v) is 6.27. The zero-order valence-electron chi connectivity index (χ0n) is 10.0. The maximum atomic E-state index is 8.99. The summed E-state index contributed by atoms with van der Waals surface area (Å²) in [7, 11) is 0. The van der Waals surface area contributed by atoms with Gasteiger partial charge < -0.3 is 10.2 Å². The lowest BCUT2D eigenvalue weighted by Crippen LogP contribution is -2.30. The Morgan fingerprint density at radius 1 is 0.812 bits per heavy atom. The van der Waals surface area contributed by atoms with Crippen LogP contribution < -0.4 is 0 Å². The van der Waals surface area contributed by atoms with Gasteiger partial charge in [0.15, 0.2) is 0 Å². The summed E-state index contributed by atoms with van der Waals surface area (Å²) in [5.74, 6) is 1.07. The van der Waals surface area contributed by atoms with Gasteiger partial charge in [-0.1, -0.05) is 12.2 Å². The third-order valence-corrected chi connectivity index (χ3v) is 3.69. The maximum absolute atomic E-state index is 8.99. The Balaban J connectivity index is 0.000000160. The normalized spacial score (nSPS) is 36.1. The molecule has 0 spiro atoms. The number of hydrogen-bond donors (Lipinski definition) is 2. The van der Waals surface area contributed by atoms with Gasteiger partial charge in [-0.05, 0) is 50.4 Å². The first kappa shape index (κ1) is 13.5. The number of aliphatic hydroxyl groups is 2. The summed E-state index contributed by atoms with van der Waals surface area (Å²) in [5.41, 5.74) is 0. The molecule has 0 aromatic carbocycles. The highest BCUT2D eigenvalue weighted by molar-refractivity contribution is 4.86. The third-order valence-electron chi connectivity index (χ3n) is 3.69. The molecule has 0 unspecified atom stereocenters. The summed E-state index contributed by atoms with van der Waals surface area (Å²) in [4.78, 5) is 0. The molecular formula is C14H24O2. The van der Waals surface area contributed by atoms with Crippen molar-refractivity contribution in [3.63, 3.8) is 0 Å². The number of aliphatic hydroxyl groups excluding tert-OH is 2. The second kappa shape index (κ2) is 6.87. The molecule has 2 saturated carbocycles. The first-order valence-electron chi connectivity index (χ1n) is 6.27. The Labute approximate surface area is 98.7 Å². The van der Waals surface area contributed by atoms with Crippen LogP contribution in [0.2, 0.25) is 0 Å². The van der Waals surface area contributed by atoms with Crippen molar-refractivity contribution >= 4 is 0 Å². The number of allylic oxidation sites excluding steroid dienone is 2. The molecule has 0 amide bonds. The summed E-state index contributed by atoms with van der Waals surface area (Å²) in [5, 5.41) is 18.0. The van der Waals surface area contributed by atoms with E-state index in [0.717, 1.165) is 25.7 Å². The van der Waals surface area contributed by atoms with Gasteiger partial charge in [0.25, 0.3) is 0 Å². The van der Waals surface area contributed by atoms with Gasteiger partial charge in [-0.25, -0.2) is 0 Å². The number of hydrogen-bond acceptors (Lipinski definition) is 2. The van der Waals surface area contributed by atoms with Gasteiger partial charge >= 0.3 is 0 Å². The molecule has 0 aromatic heterocycles. The molecule has 16 heavy (non-hydrogen) atoms. The van der Waals surface area contributed by atoms with Crippen molar-refractivity contribution in [1.29, 1.82) is 0 Å². The Kier molecular flexibility index (Phi) is 5.78. The summed E-state index contributed by atoms with van der Waals surface area (Å²) < 4.78 is 0. The SMILES string of the molecule is C=CC[C@@H]1CC[C@@H]1O.C=CC[C@H]1CC[C@H]1O. The van der Waals surface area contributed by atoms with Gasteiger partial charge in [-0.2, -0.15) is 0 Å². The van der Waals surface area contributed by atoms with Crippen molar-refractivity contribution < 1.29 is 10.2 Å². The molecule has 2 rings (SSSR count). The minimum absolute atomic E-state index is 0.0204. The molecule has 2 aliphatic rings. The van der Waals surface area contributed by atoms with Gasteiger partial charge in [-0.3, -0.25) is 0 Å². The molecule has 2 N–H and O–H groups in total. The minimum atomic E-state index is -0.0204. The largest absolute Gasteiger partial charge is 0.393 e. The van der Waals surface area contributed by atoms with Gasteiger partial charge in [-0.15, -0.1) is 13.2 Å². The summed E-state index contributed by atoms with van der Waals surface area (Å²) in [6, 6.07) is 0. The molecule has 2 aliphatic carbocycles. The van der Waals surface area contributed by atoms with E-state index < -0.39 is 0 Å². The van der Waals surface area contributed by atoms with Crippen LogP contribution in [0.5, 0.6) is 0 Å². The van der Waals surface area contributed by atoms with Crippen molar-refractivity contribution in [2.75, 3.05) is 0 Å². The Morgan fingerprint density at radius 3 is 1.25 bits per heavy atom. The lowest BCUT2D eigenvalue weighted by molar-refractivity contribution is 0.0257. The second-order valence-electron chi connectivity index (χ2n) is 4.86. The van der Waals surface area contributed by atoms with Gasteiger partial charge in [0.05, 0.1) is 12.2 Å². The van der Waals surface area contributed by atoms with Crippen LogP contribution in [0.3, 0.4) is 0 Å². The van der Waals surface area contributed by atoms with E-state index in [2.05, 4.69) is 13.2 Å². The summed E-state index contributed by atoms with van der Waals surface area (Å²) >= 11 is 0. The smallest absolute Gasteiger partial charge is 0.0571 e. The standard InChI is InChI=1S/2C7H12O/c2*1-2-3-6-4-5-7(6)8/h2*2,6-8H,1,3-5H2/t2*6-,7+/m10/s1. The molecule has 0 aromatic rings. The average Bonchev–Trinajstić information content (AvgIpc) is 2.30. The van der Waals surface area contributed by atoms with Crippen LogP contribution >= 0.6 is 0 Å². The predicted octanol–water partition coefficient (Wildman–Crippen LogP) is 2.67. The highest BCUT2D eigenvalue weighted by Crippen LogP contribution is 2.30. The molecule has 92 valence electrons. The summed E-state index contributed by atoms with van der Waals surface area (Å²) in [6.07, 6.45) is 10.1. The van der Waals surface area contributed by atoms with E-state index in [1.807, 2.05) is 12.2 Å². The van der Waals surface area contributed by atoms with Crippen molar-refractivity contribution in [3.05, 3.63) is 25.3 Å². The molecule has 0 radical (unpaired) electrons. The lowest BCUT2D eigenvalue weighted by atomic mass is 9.80. The van der Waals surface area contributed by atoms with E-state index in [1.54, 1.807) is 0 Å². The zero-order valence-corrected chi connectivity index (χ0v) is 10.0. The highest BCUT2D eigenvalue weighted by Gasteiger charge is 2.27. The third kappa shape index (κ3) is 3.76. The number of rotatable bonds is 4. The monoisotopic (exact) mass is 224 g/mol. The van der Waals surface area contributed by atoms with Gasteiger partial charge in [0, 0.05) is 0 Å². The Bertz CT molecular complexity index is 201.